The summed E-state index contributed by atoms with van der Waals surface area (Å²) in [7, 11) is -8.17. The molecule has 4 aromatic rings. The number of nitrogens with two attached hydrogens (primary N) is 2. The second kappa shape index (κ2) is 12.0. The Morgan fingerprint density at radius 2 is 1.78 bits per heavy atom. The molecule has 6 rings (SSSR count). The summed E-state index contributed by atoms with van der Waals surface area (Å²) in [4.78, 5) is 50.7. The van der Waals surface area contributed by atoms with Crippen molar-refractivity contribution < 1.29 is 52.8 Å². The average Bonchev–Trinajstić information content (AvgIpc) is 3.74. The summed E-state index contributed by atoms with van der Waals surface area (Å²) in [5.74, 6) is -0.328. The van der Waals surface area contributed by atoms with E-state index in [0.29, 0.717) is 0 Å². The summed E-state index contributed by atoms with van der Waals surface area (Å²) in [6.45, 7) is -1.50. The number of H-pyrrole nitrogens is 1. The van der Waals surface area contributed by atoms with E-state index in [9.17, 15) is 39.4 Å². The summed E-state index contributed by atoms with van der Waals surface area (Å²) in [6, 6.07) is 1.94. The number of aromatic amines is 1. The molecule has 4 aromatic heterocycles. The zero-order valence-electron chi connectivity index (χ0n) is 23.0. The van der Waals surface area contributed by atoms with Gasteiger partial charge in [0.25, 0.3) is 5.56 Å². The standard InChI is InChI=1S/C22H24N10O12P2/c23-1-7-2-31(17-10(7)16(24)26-5-27-17)20-14(35)12(33)9(43-20)4-42-46(39,40)15-13(34)8(3-41-45(37)38)44-21(15)32-6-28-11-18(32)29-22(25)30-19(11)36/h2,5-6,8-9,12-15,20-21,33-35H,3-4H2,(H6-,24,25,26,27,29,30,36,37,38,39,40)/p+1/t8-,9-,12-,13-,14-,15-,20-,21-/m1/s1. The number of nitriles is 1. The van der Waals surface area contributed by atoms with Gasteiger partial charge < -0.3 is 50.2 Å². The highest BCUT2D eigenvalue weighted by molar-refractivity contribution is 7.53. The Hall–Kier alpha value is -3.97. The first-order valence-electron chi connectivity index (χ1n) is 13.2. The number of hydrogen-bond donors (Lipinski definition) is 8. The molecule has 10 N–H and O–H groups in total. The van der Waals surface area contributed by atoms with E-state index in [1.54, 1.807) is 0 Å². The molecule has 2 fully saturated rings. The zero-order chi connectivity index (χ0) is 33.1. The number of ether oxygens (including phenoxy) is 2. The maximum Gasteiger partial charge on any atom is 0.694 e. The largest absolute Gasteiger partial charge is 0.694 e. The number of aromatic nitrogens is 7. The van der Waals surface area contributed by atoms with Crippen LogP contribution in [0.2, 0.25) is 0 Å². The number of imidazole rings is 1. The maximum absolute atomic E-state index is 13.8. The predicted octanol–water partition coefficient (Wildman–Crippen LogP) is -2.29. The van der Waals surface area contributed by atoms with Gasteiger partial charge in [-0.1, -0.05) is 0 Å². The van der Waals surface area contributed by atoms with E-state index in [4.69, 9.17) is 30.4 Å². The van der Waals surface area contributed by atoms with Crippen molar-refractivity contribution in [1.29, 1.82) is 5.26 Å². The lowest BCUT2D eigenvalue weighted by atomic mass is 10.1. The number of anilines is 2. The fourth-order valence-electron chi connectivity index (χ4n) is 5.47. The molecule has 2 aliphatic heterocycles. The Balaban J connectivity index is 1.27. The molecule has 10 atom stereocenters. The van der Waals surface area contributed by atoms with Gasteiger partial charge in [0.2, 0.25) is 5.95 Å². The Bertz CT molecular complexity index is 1980. The van der Waals surface area contributed by atoms with Gasteiger partial charge in [-0.25, -0.2) is 15.0 Å². The lowest BCUT2D eigenvalue weighted by Crippen LogP contribution is -2.36. The van der Waals surface area contributed by atoms with Gasteiger partial charge in [-0.2, -0.15) is 10.2 Å². The SMILES string of the molecule is N#Cc1cn([C@@H]2O[C@H](COP(=O)(O)[C@@H]3[C@H](O)[C@@H](CO[P+](=O)O)O[C@H]3n3cnc4c(=O)[nH]c(N)nc43)[C@@H](O)[C@H]2O)c2ncnc(N)c12. The maximum atomic E-state index is 13.8. The van der Waals surface area contributed by atoms with E-state index in [-0.39, 0.29) is 39.5 Å². The van der Waals surface area contributed by atoms with Crippen molar-refractivity contribution in [2.45, 2.75) is 48.6 Å². The fraction of sp³-hybridized carbons (Fsp3) is 0.455. The topological polar surface area (TPSA) is 342 Å². The lowest BCUT2D eigenvalue weighted by Gasteiger charge is -2.27. The minimum atomic E-state index is -5.04. The van der Waals surface area contributed by atoms with Crippen LogP contribution in [0.25, 0.3) is 22.2 Å². The van der Waals surface area contributed by atoms with Crippen molar-refractivity contribution >= 4 is 49.8 Å². The van der Waals surface area contributed by atoms with Gasteiger partial charge in [0, 0.05) is 10.8 Å². The molecular weight excluding hydrogens is 658 g/mol. The van der Waals surface area contributed by atoms with Gasteiger partial charge in [0.05, 0.1) is 23.9 Å². The number of aliphatic hydroxyl groups excluding tert-OH is 3. The molecule has 22 nitrogen and oxygen atoms in total. The van der Waals surface area contributed by atoms with Crippen molar-refractivity contribution in [2.75, 3.05) is 24.7 Å². The van der Waals surface area contributed by atoms with E-state index in [2.05, 4.69) is 29.4 Å². The number of aliphatic hydroxyl groups is 3. The monoisotopic (exact) mass is 683 g/mol. The van der Waals surface area contributed by atoms with Crippen molar-refractivity contribution in [2.24, 2.45) is 0 Å². The zero-order valence-corrected chi connectivity index (χ0v) is 24.8. The van der Waals surface area contributed by atoms with Gasteiger partial charge in [0.1, 0.15) is 66.6 Å². The molecule has 0 aliphatic carbocycles. The highest BCUT2D eigenvalue weighted by Gasteiger charge is 2.56. The summed E-state index contributed by atoms with van der Waals surface area (Å²) in [5.41, 5.74) is 8.74. The molecule has 0 spiro atoms. The van der Waals surface area contributed by atoms with Crippen molar-refractivity contribution in [3.05, 3.63) is 34.8 Å². The van der Waals surface area contributed by atoms with Gasteiger partial charge >= 0.3 is 15.9 Å². The Kier molecular flexibility index (Phi) is 8.34. The molecule has 0 radical (unpaired) electrons. The fourth-order valence-corrected chi connectivity index (χ4v) is 7.39. The van der Waals surface area contributed by atoms with Crippen LogP contribution < -0.4 is 17.0 Å². The van der Waals surface area contributed by atoms with E-state index in [0.717, 1.165) is 17.2 Å². The molecule has 46 heavy (non-hydrogen) atoms. The third kappa shape index (κ3) is 5.42. The van der Waals surface area contributed by atoms with Crippen LogP contribution in [0.3, 0.4) is 0 Å². The Labute approximate surface area is 256 Å². The predicted molar refractivity (Wildman–Crippen MR) is 150 cm³/mol. The molecule has 2 saturated heterocycles. The molecule has 6 heterocycles. The quantitative estimate of drug-likeness (QED) is 0.0861. The van der Waals surface area contributed by atoms with Crippen LogP contribution in [0.1, 0.15) is 18.0 Å². The molecule has 2 unspecified atom stereocenters. The van der Waals surface area contributed by atoms with Gasteiger partial charge in [-0.15, -0.1) is 9.42 Å². The van der Waals surface area contributed by atoms with Gasteiger partial charge in [0.15, 0.2) is 23.6 Å². The van der Waals surface area contributed by atoms with E-state index < -0.39 is 83.3 Å². The highest BCUT2D eigenvalue weighted by atomic mass is 31.2. The lowest BCUT2D eigenvalue weighted by molar-refractivity contribution is -0.0492. The number of hydrogen-bond acceptors (Lipinski definition) is 17. The molecule has 24 heteroatoms. The van der Waals surface area contributed by atoms with Crippen molar-refractivity contribution in [3.8, 4) is 6.07 Å². The van der Waals surface area contributed by atoms with Gasteiger partial charge in [-0.3, -0.25) is 18.9 Å². The second-order valence-corrected chi connectivity index (χ2v) is 13.0. The van der Waals surface area contributed by atoms with Crippen LogP contribution in [0.4, 0.5) is 11.8 Å². The van der Waals surface area contributed by atoms with Crippen LogP contribution in [0, 0.1) is 11.3 Å². The third-order valence-corrected chi connectivity index (χ3v) is 9.79. The first-order valence-corrected chi connectivity index (χ1v) is 15.9. The molecule has 0 saturated carbocycles. The smallest absolute Gasteiger partial charge is 0.389 e. The first-order chi connectivity index (χ1) is 21.8. The summed E-state index contributed by atoms with van der Waals surface area (Å²) in [6.07, 6.45) is -7.53. The van der Waals surface area contributed by atoms with Crippen LogP contribution in [-0.4, -0.2) is 109 Å². The number of nitrogens with zero attached hydrogens (tertiary/aromatic N) is 7. The third-order valence-electron chi connectivity index (χ3n) is 7.58. The van der Waals surface area contributed by atoms with Gasteiger partial charge in [-0.05, 0) is 0 Å². The number of fused-ring (bicyclic) bond motifs is 2. The average molecular weight is 683 g/mol. The summed E-state index contributed by atoms with van der Waals surface area (Å²) < 4.78 is 48.7. The molecule has 0 bridgehead atoms. The highest BCUT2D eigenvalue weighted by Crippen LogP contribution is 2.57. The van der Waals surface area contributed by atoms with E-state index >= 15 is 0 Å². The molecule has 0 amide bonds. The normalized spacial score (nSPS) is 29.7. The van der Waals surface area contributed by atoms with E-state index in [1.807, 2.05) is 6.07 Å². The summed E-state index contributed by atoms with van der Waals surface area (Å²) >= 11 is 0. The molecule has 244 valence electrons. The minimum Gasteiger partial charge on any atom is -0.389 e. The second-order valence-electron chi connectivity index (χ2n) is 10.3. The molecule has 0 aromatic carbocycles. The minimum absolute atomic E-state index is 0.0101. The van der Waals surface area contributed by atoms with Crippen molar-refractivity contribution in [3.63, 3.8) is 0 Å². The number of nitrogens with one attached hydrogen (secondary N) is 1. The number of nitrogen functional groups attached to an aromatic ring is 2. The first kappa shape index (κ1) is 32.0. The molecular formula is C22H25N10O12P2+. The van der Waals surface area contributed by atoms with Crippen LogP contribution in [0.5, 0.6) is 0 Å². The van der Waals surface area contributed by atoms with Crippen molar-refractivity contribution in [1.82, 2.24) is 34.1 Å². The Morgan fingerprint density at radius 1 is 1.07 bits per heavy atom. The van der Waals surface area contributed by atoms with Crippen LogP contribution in [0.15, 0.2) is 23.6 Å². The van der Waals surface area contributed by atoms with Crippen LogP contribution >= 0.6 is 15.9 Å². The summed E-state index contributed by atoms with van der Waals surface area (Å²) in [5, 5.41) is 42.4. The van der Waals surface area contributed by atoms with Crippen LogP contribution in [-0.2, 0) is 27.7 Å². The number of rotatable bonds is 9. The molecule has 2 aliphatic rings. The Morgan fingerprint density at radius 3 is 2.50 bits per heavy atom. The van der Waals surface area contributed by atoms with E-state index in [1.165, 1.54) is 10.8 Å².